The lowest BCUT2D eigenvalue weighted by atomic mass is 9.83. The molecule has 0 aliphatic carbocycles. The quantitative estimate of drug-likeness (QED) is 0.671. The lowest BCUT2D eigenvalue weighted by Crippen LogP contribution is -2.57. The molecule has 1 aliphatic heterocycles. The van der Waals surface area contributed by atoms with E-state index in [0.717, 1.165) is 0 Å². The molecule has 0 atom stereocenters. The van der Waals surface area contributed by atoms with E-state index in [1.165, 1.54) is 24.7 Å². The maximum Gasteiger partial charge on any atom is 0.346 e. The number of nitrogens with zero attached hydrogens (tertiary/aromatic N) is 1. The van der Waals surface area contributed by atoms with E-state index in [1.807, 2.05) is 0 Å². The van der Waals surface area contributed by atoms with Crippen molar-refractivity contribution in [3.8, 4) is 0 Å². The lowest BCUT2D eigenvalue weighted by Gasteiger charge is -2.30. The van der Waals surface area contributed by atoms with Crippen LogP contribution in [0, 0.1) is 0 Å². The number of carboxylic acid groups (broad SMARTS) is 2. The van der Waals surface area contributed by atoms with E-state index in [0.29, 0.717) is 5.56 Å². The number of hydrogen-bond acceptors (Lipinski definition) is 4. The van der Waals surface area contributed by atoms with Crippen molar-refractivity contribution < 1.29 is 19.8 Å². The summed E-state index contributed by atoms with van der Waals surface area (Å²) in [5.74, 6) is -2.95. The maximum absolute atomic E-state index is 11.4. The molecule has 3 N–H and O–H groups in total. The average Bonchev–Trinajstić information content (AvgIpc) is 2.39. The van der Waals surface area contributed by atoms with Crippen LogP contribution in [0.15, 0.2) is 42.9 Å². The van der Waals surface area contributed by atoms with E-state index in [2.05, 4.69) is 10.3 Å². The second-order valence-corrected chi connectivity index (χ2v) is 3.69. The summed E-state index contributed by atoms with van der Waals surface area (Å²) in [5.41, 5.74) is -1.60. The van der Waals surface area contributed by atoms with Gasteiger partial charge in [-0.1, -0.05) is 12.1 Å². The average molecular weight is 246 g/mol. The third-order valence-electron chi connectivity index (χ3n) is 2.68. The van der Waals surface area contributed by atoms with Gasteiger partial charge in [0.05, 0.1) is 0 Å². The number of carbonyl (C=O) groups is 2. The van der Waals surface area contributed by atoms with Gasteiger partial charge in [0.25, 0.3) is 5.54 Å². The predicted molar refractivity (Wildman–Crippen MR) is 62.5 cm³/mol. The molecule has 1 aromatic heterocycles. The van der Waals surface area contributed by atoms with Crippen molar-refractivity contribution in [2.24, 2.45) is 0 Å². The van der Waals surface area contributed by atoms with Gasteiger partial charge in [0.2, 0.25) is 0 Å². The van der Waals surface area contributed by atoms with Crippen molar-refractivity contribution >= 4 is 17.5 Å². The molecule has 1 aliphatic rings. The fourth-order valence-corrected chi connectivity index (χ4v) is 1.80. The Balaban J connectivity index is 2.61. The molecule has 92 valence electrons. The van der Waals surface area contributed by atoms with E-state index in [4.69, 9.17) is 0 Å². The first-order valence-electron chi connectivity index (χ1n) is 5.11. The SMILES string of the molecule is O=C(O)C1(C(=O)O)NC=CC=C1c1cccnc1. The van der Waals surface area contributed by atoms with Gasteiger partial charge >= 0.3 is 11.9 Å². The Labute approximate surface area is 102 Å². The molecule has 0 fully saturated rings. The van der Waals surface area contributed by atoms with Crippen LogP contribution in [0.4, 0.5) is 0 Å². The van der Waals surface area contributed by atoms with Gasteiger partial charge in [-0.2, -0.15) is 0 Å². The van der Waals surface area contributed by atoms with Crippen LogP contribution in [0.5, 0.6) is 0 Å². The topological polar surface area (TPSA) is 99.5 Å². The number of dihydropyridines is 1. The molecule has 6 nitrogen and oxygen atoms in total. The van der Waals surface area contributed by atoms with Crippen molar-refractivity contribution in [2.75, 3.05) is 0 Å². The highest BCUT2D eigenvalue weighted by atomic mass is 16.4. The molecule has 2 rings (SSSR count). The largest absolute Gasteiger partial charge is 0.479 e. The Kier molecular flexibility index (Phi) is 2.85. The van der Waals surface area contributed by atoms with Crippen LogP contribution in [0.1, 0.15) is 5.56 Å². The second kappa shape index (κ2) is 4.33. The van der Waals surface area contributed by atoms with Crippen LogP contribution in [-0.4, -0.2) is 32.7 Å². The minimum absolute atomic E-state index is 0.137. The van der Waals surface area contributed by atoms with Gasteiger partial charge in [0.1, 0.15) is 0 Å². The third-order valence-corrected chi connectivity index (χ3v) is 2.68. The van der Waals surface area contributed by atoms with Crippen LogP contribution >= 0.6 is 0 Å². The number of aromatic nitrogens is 1. The van der Waals surface area contributed by atoms with E-state index >= 15 is 0 Å². The van der Waals surface area contributed by atoms with Crippen LogP contribution in [0.2, 0.25) is 0 Å². The number of aliphatic carboxylic acids is 2. The smallest absolute Gasteiger partial charge is 0.346 e. The summed E-state index contributed by atoms with van der Waals surface area (Å²) in [6, 6.07) is 3.23. The Morgan fingerprint density at radius 3 is 2.56 bits per heavy atom. The van der Waals surface area contributed by atoms with Crippen LogP contribution in [0.3, 0.4) is 0 Å². The molecule has 1 aromatic rings. The van der Waals surface area contributed by atoms with Crippen molar-refractivity contribution in [3.63, 3.8) is 0 Å². The fraction of sp³-hybridized carbons (Fsp3) is 0.0833. The summed E-state index contributed by atoms with van der Waals surface area (Å²) in [6.07, 6.45) is 7.25. The molecule has 0 bridgehead atoms. The highest BCUT2D eigenvalue weighted by Crippen LogP contribution is 2.30. The molecular formula is C12H10N2O4. The number of nitrogens with one attached hydrogen (secondary N) is 1. The van der Waals surface area contributed by atoms with E-state index in [1.54, 1.807) is 18.2 Å². The second-order valence-electron chi connectivity index (χ2n) is 3.69. The Morgan fingerprint density at radius 1 is 1.28 bits per heavy atom. The summed E-state index contributed by atoms with van der Waals surface area (Å²) in [5, 5.41) is 20.9. The highest BCUT2D eigenvalue weighted by molar-refractivity contribution is 6.16. The van der Waals surface area contributed by atoms with Gasteiger partial charge in [-0.3, -0.25) is 4.98 Å². The Hall–Kier alpha value is -2.63. The summed E-state index contributed by atoms with van der Waals surface area (Å²) in [7, 11) is 0. The van der Waals surface area contributed by atoms with Crippen LogP contribution in [0.25, 0.3) is 5.57 Å². The van der Waals surface area contributed by atoms with Gasteiger partial charge < -0.3 is 15.5 Å². The molecule has 0 unspecified atom stereocenters. The third kappa shape index (κ3) is 1.64. The summed E-state index contributed by atoms with van der Waals surface area (Å²) in [4.78, 5) is 26.6. The van der Waals surface area contributed by atoms with Gasteiger partial charge in [-0.05, 0) is 23.9 Å². The molecule has 18 heavy (non-hydrogen) atoms. The number of rotatable bonds is 3. The standard InChI is InChI=1S/C12H10N2O4/c15-10(16)12(11(17)18)9(4-2-6-14-12)8-3-1-5-13-7-8/h1-7,14H,(H,15,16)(H,17,18). The number of hydrogen-bond donors (Lipinski definition) is 3. The molecule has 0 saturated carbocycles. The first-order chi connectivity index (χ1) is 8.59. The lowest BCUT2D eigenvalue weighted by molar-refractivity contribution is -0.154. The van der Waals surface area contributed by atoms with Crippen molar-refractivity contribution in [1.82, 2.24) is 10.3 Å². The molecule has 0 aromatic carbocycles. The van der Waals surface area contributed by atoms with Crippen LogP contribution in [-0.2, 0) is 9.59 Å². The van der Waals surface area contributed by atoms with E-state index in [9.17, 15) is 19.8 Å². The summed E-state index contributed by atoms with van der Waals surface area (Å²) >= 11 is 0. The molecule has 6 heteroatoms. The first kappa shape index (κ1) is 11.8. The number of carboxylic acids is 2. The summed E-state index contributed by atoms with van der Waals surface area (Å²) < 4.78 is 0. The van der Waals surface area contributed by atoms with Crippen molar-refractivity contribution in [3.05, 3.63) is 48.4 Å². The number of allylic oxidation sites excluding steroid dienone is 2. The van der Waals surface area contributed by atoms with Gasteiger partial charge in [-0.25, -0.2) is 9.59 Å². The van der Waals surface area contributed by atoms with Crippen LogP contribution < -0.4 is 5.32 Å². The normalized spacial score (nSPS) is 16.6. The Bertz CT molecular complexity index is 534. The maximum atomic E-state index is 11.4. The minimum Gasteiger partial charge on any atom is -0.479 e. The van der Waals surface area contributed by atoms with Gasteiger partial charge in [-0.15, -0.1) is 0 Å². The first-order valence-corrected chi connectivity index (χ1v) is 5.11. The number of pyridine rings is 1. The zero-order chi connectivity index (χ0) is 13.2. The molecular weight excluding hydrogens is 236 g/mol. The predicted octanol–water partition coefficient (Wildman–Crippen LogP) is 0.490. The molecule has 0 radical (unpaired) electrons. The summed E-state index contributed by atoms with van der Waals surface area (Å²) in [6.45, 7) is 0. The van der Waals surface area contributed by atoms with Gasteiger partial charge in [0, 0.05) is 18.0 Å². The van der Waals surface area contributed by atoms with Gasteiger partial charge in [0.15, 0.2) is 0 Å². The Morgan fingerprint density at radius 2 is 2.00 bits per heavy atom. The zero-order valence-electron chi connectivity index (χ0n) is 9.20. The molecule has 2 heterocycles. The van der Waals surface area contributed by atoms with Crippen molar-refractivity contribution in [1.29, 1.82) is 0 Å². The van der Waals surface area contributed by atoms with E-state index in [-0.39, 0.29) is 5.57 Å². The fourth-order valence-electron chi connectivity index (χ4n) is 1.80. The zero-order valence-corrected chi connectivity index (χ0v) is 9.20. The van der Waals surface area contributed by atoms with Crippen molar-refractivity contribution in [2.45, 2.75) is 5.54 Å². The molecule has 0 spiro atoms. The highest BCUT2D eigenvalue weighted by Gasteiger charge is 2.50. The minimum atomic E-state index is -2.18. The molecule has 0 saturated heterocycles. The van der Waals surface area contributed by atoms with E-state index < -0.39 is 17.5 Å². The monoisotopic (exact) mass is 246 g/mol. The molecule has 0 amide bonds.